The van der Waals surface area contributed by atoms with Crippen LogP contribution in [0.2, 0.25) is 0 Å². The summed E-state index contributed by atoms with van der Waals surface area (Å²) in [6.45, 7) is 16.0. The highest BCUT2D eigenvalue weighted by molar-refractivity contribution is 4.66. The lowest BCUT2D eigenvalue weighted by Gasteiger charge is -2.45. The van der Waals surface area contributed by atoms with Crippen molar-refractivity contribution in [3.8, 4) is 0 Å². The summed E-state index contributed by atoms with van der Waals surface area (Å²) in [6.07, 6.45) is 0. The van der Waals surface area contributed by atoms with E-state index in [0.29, 0.717) is 11.0 Å². The van der Waals surface area contributed by atoms with Gasteiger partial charge in [-0.15, -0.1) is 0 Å². The Kier molecular flexibility index (Phi) is 4.40. The molecule has 15 heavy (non-hydrogen) atoms. The zero-order valence-electron chi connectivity index (χ0n) is 12.3. The molecule has 0 saturated heterocycles. The van der Waals surface area contributed by atoms with Crippen molar-refractivity contribution < 1.29 is 4.48 Å². The molecule has 2 nitrogen and oxygen atoms in total. The first kappa shape index (κ1) is 14.9. The summed E-state index contributed by atoms with van der Waals surface area (Å²) in [5.74, 6) is 0. The summed E-state index contributed by atoms with van der Waals surface area (Å²) >= 11 is 0. The number of hydrogen-bond donors (Lipinski definition) is 0. The molecule has 0 fully saturated rings. The Hall–Kier alpha value is -0.0800. The van der Waals surface area contributed by atoms with E-state index in [9.17, 15) is 0 Å². The van der Waals surface area contributed by atoms with Gasteiger partial charge in [-0.1, -0.05) is 20.8 Å². The smallest absolute Gasteiger partial charge is 0.134 e. The van der Waals surface area contributed by atoms with Crippen LogP contribution in [-0.4, -0.2) is 49.3 Å². The Bertz CT molecular complexity index is 194. The van der Waals surface area contributed by atoms with Gasteiger partial charge in [-0.3, -0.25) is 4.90 Å². The van der Waals surface area contributed by atoms with E-state index in [2.05, 4.69) is 67.6 Å². The maximum atomic E-state index is 2.44. The molecule has 0 N–H and O–H groups in total. The topological polar surface area (TPSA) is 3.24 Å². The highest BCUT2D eigenvalue weighted by Crippen LogP contribution is 2.21. The van der Waals surface area contributed by atoms with E-state index in [1.54, 1.807) is 0 Å². The van der Waals surface area contributed by atoms with Gasteiger partial charge in [-0.2, -0.15) is 0 Å². The van der Waals surface area contributed by atoms with Crippen LogP contribution in [0.3, 0.4) is 0 Å². The first-order valence-corrected chi connectivity index (χ1v) is 5.87. The molecular weight excluding hydrogens is 184 g/mol. The molecule has 0 unspecified atom stereocenters. The molecule has 0 radical (unpaired) electrons. The molecule has 2 heteroatoms. The lowest BCUT2D eigenvalue weighted by molar-refractivity contribution is -0.944. The fraction of sp³-hybridized carbons (Fsp3) is 1.00. The van der Waals surface area contributed by atoms with E-state index in [1.165, 1.54) is 0 Å². The van der Waals surface area contributed by atoms with Crippen molar-refractivity contribution in [2.75, 3.05) is 34.4 Å². The minimum absolute atomic E-state index is 0.298. The first-order chi connectivity index (χ1) is 6.35. The van der Waals surface area contributed by atoms with Crippen LogP contribution in [0.4, 0.5) is 0 Å². The Morgan fingerprint density at radius 1 is 0.933 bits per heavy atom. The van der Waals surface area contributed by atoms with Gasteiger partial charge in [0, 0.05) is 6.54 Å². The molecule has 0 atom stereocenters. The molecule has 0 amide bonds. The minimum atomic E-state index is 0.298. The monoisotopic (exact) mass is 215 g/mol. The van der Waals surface area contributed by atoms with Gasteiger partial charge in [-0.25, -0.2) is 0 Å². The summed E-state index contributed by atoms with van der Waals surface area (Å²) in [4.78, 5) is 2.44. The number of nitrogens with zero attached hydrogens (tertiary/aromatic N) is 2. The largest absolute Gasteiger partial charge is 0.312 e. The average molecular weight is 215 g/mol. The summed E-state index contributed by atoms with van der Waals surface area (Å²) in [5, 5.41) is 0. The van der Waals surface area contributed by atoms with Gasteiger partial charge in [0.15, 0.2) is 0 Å². The Morgan fingerprint density at radius 3 is 1.60 bits per heavy atom. The zero-order valence-corrected chi connectivity index (χ0v) is 12.3. The molecule has 0 rings (SSSR count). The molecule has 0 heterocycles. The number of hydrogen-bond acceptors (Lipinski definition) is 1. The minimum Gasteiger partial charge on any atom is -0.312 e. The van der Waals surface area contributed by atoms with Gasteiger partial charge in [0.1, 0.15) is 6.67 Å². The quantitative estimate of drug-likeness (QED) is 0.517. The molecule has 0 aromatic carbocycles. The molecule has 0 saturated carbocycles. The fourth-order valence-corrected chi connectivity index (χ4v) is 1.68. The molecule has 0 aliphatic heterocycles. The second kappa shape index (κ2) is 4.42. The Labute approximate surface area is 96.8 Å². The number of rotatable bonds is 3. The summed E-state index contributed by atoms with van der Waals surface area (Å²) < 4.78 is 1.03. The third-order valence-electron chi connectivity index (χ3n) is 3.16. The van der Waals surface area contributed by atoms with Crippen molar-refractivity contribution in [1.29, 1.82) is 0 Å². The summed E-state index contributed by atoms with van der Waals surface area (Å²) in [5.41, 5.74) is 0.679. The van der Waals surface area contributed by atoms with Gasteiger partial charge in [0.05, 0.1) is 19.6 Å². The lowest BCUT2D eigenvalue weighted by Crippen LogP contribution is -2.59. The zero-order chi connectivity index (χ0) is 12.5. The molecule has 0 aromatic rings. The van der Waals surface area contributed by atoms with Gasteiger partial charge in [-0.05, 0) is 33.2 Å². The fourth-order valence-electron chi connectivity index (χ4n) is 1.68. The normalized spacial score (nSPS) is 14.8. The van der Waals surface area contributed by atoms with Gasteiger partial charge < -0.3 is 4.48 Å². The van der Waals surface area contributed by atoms with Gasteiger partial charge in [0.2, 0.25) is 0 Å². The second-order valence-corrected chi connectivity index (χ2v) is 7.57. The Morgan fingerprint density at radius 2 is 1.33 bits per heavy atom. The van der Waals surface area contributed by atoms with Crippen molar-refractivity contribution >= 4 is 0 Å². The highest BCUT2D eigenvalue weighted by Gasteiger charge is 2.33. The molecule has 0 aliphatic rings. The van der Waals surface area contributed by atoms with Crippen LogP contribution in [0.1, 0.15) is 41.5 Å². The van der Waals surface area contributed by atoms with Crippen molar-refractivity contribution in [3.05, 3.63) is 0 Å². The van der Waals surface area contributed by atoms with E-state index in [-0.39, 0.29) is 0 Å². The van der Waals surface area contributed by atoms with Crippen molar-refractivity contribution in [2.24, 2.45) is 5.41 Å². The maximum Gasteiger partial charge on any atom is 0.134 e. The summed E-state index contributed by atoms with van der Waals surface area (Å²) in [6, 6.07) is 0. The third kappa shape index (κ3) is 5.53. The van der Waals surface area contributed by atoms with Crippen LogP contribution in [-0.2, 0) is 0 Å². The molecule has 92 valence electrons. The SMILES string of the molecule is CN(CC(C)(C)C)C[N+](C)(C)C(C)(C)C. The van der Waals surface area contributed by atoms with Crippen LogP contribution in [0, 0.1) is 5.41 Å². The maximum absolute atomic E-state index is 2.44. The van der Waals surface area contributed by atoms with E-state index < -0.39 is 0 Å². The second-order valence-electron chi connectivity index (χ2n) is 7.57. The lowest BCUT2D eigenvalue weighted by atomic mass is 9.96. The standard InChI is InChI=1S/C13H31N2/c1-12(2,3)10-14(7)11-15(8,9)13(4,5)6/h10-11H2,1-9H3/q+1. The Balaban J connectivity index is 4.36. The molecule has 0 aliphatic carbocycles. The van der Waals surface area contributed by atoms with E-state index >= 15 is 0 Å². The van der Waals surface area contributed by atoms with Crippen LogP contribution in [0.5, 0.6) is 0 Å². The van der Waals surface area contributed by atoms with Crippen LogP contribution in [0.25, 0.3) is 0 Å². The first-order valence-electron chi connectivity index (χ1n) is 5.87. The van der Waals surface area contributed by atoms with Gasteiger partial charge >= 0.3 is 0 Å². The molecule has 0 bridgehead atoms. The van der Waals surface area contributed by atoms with Gasteiger partial charge in [0.25, 0.3) is 0 Å². The predicted octanol–water partition coefficient (Wildman–Crippen LogP) is 2.80. The van der Waals surface area contributed by atoms with E-state index in [0.717, 1.165) is 17.7 Å². The predicted molar refractivity (Wildman–Crippen MR) is 68.8 cm³/mol. The highest BCUT2D eigenvalue weighted by atomic mass is 15.4. The van der Waals surface area contributed by atoms with Crippen LogP contribution < -0.4 is 0 Å². The molecular formula is C13H31N2+. The number of quaternary nitrogens is 1. The average Bonchev–Trinajstić information content (AvgIpc) is 1.75. The van der Waals surface area contributed by atoms with E-state index in [1.807, 2.05) is 0 Å². The van der Waals surface area contributed by atoms with Crippen LogP contribution in [0.15, 0.2) is 0 Å². The van der Waals surface area contributed by atoms with Crippen molar-refractivity contribution in [3.63, 3.8) is 0 Å². The third-order valence-corrected chi connectivity index (χ3v) is 3.16. The van der Waals surface area contributed by atoms with E-state index in [4.69, 9.17) is 0 Å². The van der Waals surface area contributed by atoms with Crippen LogP contribution >= 0.6 is 0 Å². The van der Waals surface area contributed by atoms with Crippen molar-refractivity contribution in [1.82, 2.24) is 4.90 Å². The molecule has 0 spiro atoms. The van der Waals surface area contributed by atoms with Crippen molar-refractivity contribution in [2.45, 2.75) is 47.1 Å². The molecule has 0 aromatic heterocycles. The summed E-state index contributed by atoms with van der Waals surface area (Å²) in [7, 11) is 6.83.